The van der Waals surface area contributed by atoms with E-state index in [-0.39, 0.29) is 0 Å². The molecule has 0 unspecified atom stereocenters. The summed E-state index contributed by atoms with van der Waals surface area (Å²) in [6.45, 7) is 0. The van der Waals surface area contributed by atoms with Crippen LogP contribution in [0.15, 0.2) is 103 Å². The second-order valence-electron chi connectivity index (χ2n) is 9.15. The summed E-state index contributed by atoms with van der Waals surface area (Å²) in [4.78, 5) is 4.85. The fraction of sp³-hybridized carbons (Fsp3) is 0.167. The smallest absolute Gasteiger partial charge is 0.138 e. The van der Waals surface area contributed by atoms with Crippen LogP contribution in [0.5, 0.6) is 0 Å². The van der Waals surface area contributed by atoms with Crippen LogP contribution in [0.4, 0.5) is 0 Å². The predicted molar refractivity (Wildman–Crippen MR) is 146 cm³/mol. The maximum atomic E-state index is 9.90. The van der Waals surface area contributed by atoms with Crippen molar-refractivity contribution in [2.75, 3.05) is 0 Å². The Morgan fingerprint density at radius 3 is 1.77 bits per heavy atom. The minimum atomic E-state index is -0.696. The first-order valence-electron chi connectivity index (χ1n) is 11.8. The van der Waals surface area contributed by atoms with Crippen LogP contribution >= 0.6 is 22.6 Å². The SMILES string of the molecule is N#CC1(c2cc3c(I)nn(C(c4ccccc4)(c4ccccc4)c4ccccc4)c3cn2)CCC1. The van der Waals surface area contributed by atoms with Gasteiger partial charge in [0, 0.05) is 5.39 Å². The first kappa shape index (κ1) is 22.0. The molecular weight excluding hydrogens is 543 g/mol. The zero-order valence-corrected chi connectivity index (χ0v) is 21.3. The first-order chi connectivity index (χ1) is 17.2. The molecule has 3 aromatic carbocycles. The summed E-state index contributed by atoms with van der Waals surface area (Å²) in [6.07, 6.45) is 4.73. The van der Waals surface area contributed by atoms with E-state index in [1.165, 1.54) is 0 Å². The second-order valence-corrected chi connectivity index (χ2v) is 10.2. The lowest BCUT2D eigenvalue weighted by atomic mass is 9.67. The number of nitriles is 1. The molecular formula is C30H23IN4. The van der Waals surface area contributed by atoms with Crippen LogP contribution in [0.3, 0.4) is 0 Å². The van der Waals surface area contributed by atoms with Crippen molar-refractivity contribution >= 4 is 33.5 Å². The zero-order chi connectivity index (χ0) is 23.9. The Kier molecular flexibility index (Phi) is 5.42. The Hall–Kier alpha value is -3.50. The van der Waals surface area contributed by atoms with Crippen LogP contribution in [0.25, 0.3) is 10.9 Å². The van der Waals surface area contributed by atoms with E-state index >= 15 is 0 Å². The summed E-state index contributed by atoms with van der Waals surface area (Å²) in [7, 11) is 0. The third-order valence-corrected chi connectivity index (χ3v) is 8.12. The van der Waals surface area contributed by atoms with Gasteiger partial charge in [0.05, 0.1) is 28.9 Å². The summed E-state index contributed by atoms with van der Waals surface area (Å²) >= 11 is 2.32. The normalized spacial score (nSPS) is 14.9. The van der Waals surface area contributed by atoms with Gasteiger partial charge in [0.15, 0.2) is 0 Å². The van der Waals surface area contributed by atoms with Gasteiger partial charge in [-0.05, 0) is 64.6 Å². The van der Waals surface area contributed by atoms with Crippen LogP contribution in [0.1, 0.15) is 41.6 Å². The number of rotatable bonds is 5. The molecule has 0 radical (unpaired) electrons. The Morgan fingerprint density at radius 2 is 1.34 bits per heavy atom. The number of hydrogen-bond acceptors (Lipinski definition) is 3. The quantitative estimate of drug-likeness (QED) is 0.173. The largest absolute Gasteiger partial charge is 0.257 e. The van der Waals surface area contributed by atoms with Gasteiger partial charge in [0.2, 0.25) is 0 Å². The molecule has 0 aliphatic heterocycles. The summed E-state index contributed by atoms with van der Waals surface area (Å²) < 4.78 is 3.03. The van der Waals surface area contributed by atoms with Gasteiger partial charge >= 0.3 is 0 Å². The van der Waals surface area contributed by atoms with Crippen molar-refractivity contribution < 1.29 is 0 Å². The first-order valence-corrected chi connectivity index (χ1v) is 12.9. The zero-order valence-electron chi connectivity index (χ0n) is 19.1. The number of aromatic nitrogens is 3. The number of benzene rings is 3. The Bertz CT molecular complexity index is 1440. The van der Waals surface area contributed by atoms with Crippen molar-refractivity contribution in [1.29, 1.82) is 5.26 Å². The lowest BCUT2D eigenvalue weighted by molar-refractivity contribution is 0.316. The maximum absolute atomic E-state index is 9.90. The third-order valence-electron chi connectivity index (χ3n) is 7.32. The number of hydrogen-bond donors (Lipinski definition) is 0. The van der Waals surface area contributed by atoms with Crippen LogP contribution in [-0.4, -0.2) is 14.8 Å². The number of halogens is 1. The van der Waals surface area contributed by atoms with Crippen molar-refractivity contribution in [1.82, 2.24) is 14.8 Å². The highest BCUT2D eigenvalue weighted by atomic mass is 127. The molecule has 0 saturated heterocycles. The van der Waals surface area contributed by atoms with Gasteiger partial charge in [0.25, 0.3) is 0 Å². The lowest BCUT2D eigenvalue weighted by Gasteiger charge is -2.37. The minimum absolute atomic E-state index is 0.464. The van der Waals surface area contributed by atoms with Gasteiger partial charge in [-0.1, -0.05) is 91.0 Å². The molecule has 5 aromatic rings. The molecule has 4 nitrogen and oxygen atoms in total. The number of nitrogens with zero attached hydrogens (tertiary/aromatic N) is 4. The van der Waals surface area contributed by atoms with E-state index in [0.29, 0.717) is 0 Å². The molecule has 0 N–H and O–H groups in total. The second kappa shape index (κ2) is 8.62. The molecule has 0 atom stereocenters. The number of pyridine rings is 1. The molecule has 6 rings (SSSR count). The van der Waals surface area contributed by atoms with E-state index in [4.69, 9.17) is 10.1 Å². The van der Waals surface area contributed by atoms with E-state index in [0.717, 1.165) is 56.3 Å². The average Bonchev–Trinajstić information content (AvgIpc) is 3.22. The van der Waals surface area contributed by atoms with Crippen molar-refractivity contribution in [3.63, 3.8) is 0 Å². The summed E-state index contributed by atoms with van der Waals surface area (Å²) in [5.41, 5.74) is 4.01. The standard InChI is InChI=1S/C30H23IN4/c31-28-25-19-27(29(21-32)17-10-18-29)33-20-26(25)35(34-28)30(22-11-4-1-5-12-22,23-13-6-2-7-14-23)24-15-8-3-9-16-24/h1-9,11-16,19-20H,10,17-18H2. The molecule has 0 amide bonds. The van der Waals surface area contributed by atoms with Gasteiger partial charge in [-0.25, -0.2) is 4.68 Å². The van der Waals surface area contributed by atoms with Crippen LogP contribution in [0, 0.1) is 15.0 Å². The lowest BCUT2D eigenvalue weighted by Crippen LogP contribution is -2.38. The average molecular weight is 566 g/mol. The van der Waals surface area contributed by atoms with Gasteiger partial charge < -0.3 is 0 Å². The molecule has 2 aromatic heterocycles. The van der Waals surface area contributed by atoms with Crippen molar-refractivity contribution in [2.45, 2.75) is 30.2 Å². The van der Waals surface area contributed by atoms with E-state index in [1.54, 1.807) is 0 Å². The van der Waals surface area contributed by atoms with Crippen LogP contribution in [-0.2, 0) is 11.0 Å². The molecule has 1 aliphatic rings. The fourth-order valence-corrected chi connectivity index (χ4v) is 6.00. The maximum Gasteiger partial charge on any atom is 0.138 e. The van der Waals surface area contributed by atoms with Gasteiger partial charge in [-0.2, -0.15) is 10.4 Å². The van der Waals surface area contributed by atoms with Gasteiger partial charge in [0.1, 0.15) is 9.24 Å². The highest BCUT2D eigenvalue weighted by Gasteiger charge is 2.43. The molecule has 2 heterocycles. The van der Waals surface area contributed by atoms with E-state index < -0.39 is 11.0 Å². The Balaban J connectivity index is 1.70. The monoisotopic (exact) mass is 566 g/mol. The fourth-order valence-electron chi connectivity index (χ4n) is 5.36. The molecule has 5 heteroatoms. The molecule has 1 aliphatic carbocycles. The third kappa shape index (κ3) is 3.31. The molecule has 0 spiro atoms. The van der Waals surface area contributed by atoms with E-state index in [1.807, 2.05) is 24.4 Å². The topological polar surface area (TPSA) is 54.5 Å². The summed E-state index contributed by atoms with van der Waals surface area (Å²) in [5.74, 6) is 0. The highest BCUT2D eigenvalue weighted by Crippen LogP contribution is 2.45. The predicted octanol–water partition coefficient (Wildman–Crippen LogP) is 6.82. The van der Waals surface area contributed by atoms with Gasteiger partial charge in [-0.3, -0.25) is 4.98 Å². The van der Waals surface area contributed by atoms with Crippen molar-refractivity contribution in [3.8, 4) is 6.07 Å². The van der Waals surface area contributed by atoms with E-state index in [9.17, 15) is 5.26 Å². The van der Waals surface area contributed by atoms with Crippen LogP contribution < -0.4 is 0 Å². The Labute approximate surface area is 218 Å². The molecule has 1 fully saturated rings. The van der Waals surface area contributed by atoms with Crippen LogP contribution in [0.2, 0.25) is 0 Å². The number of fused-ring (bicyclic) bond motifs is 1. The van der Waals surface area contributed by atoms with Crippen molar-refractivity contribution in [3.05, 3.63) is 129 Å². The van der Waals surface area contributed by atoms with E-state index in [2.05, 4.69) is 112 Å². The molecule has 0 bridgehead atoms. The molecule has 1 saturated carbocycles. The molecule has 35 heavy (non-hydrogen) atoms. The minimum Gasteiger partial charge on any atom is -0.257 e. The highest BCUT2D eigenvalue weighted by molar-refractivity contribution is 14.1. The summed E-state index contributed by atoms with van der Waals surface area (Å²) in [6, 6.07) is 36.2. The molecule has 170 valence electrons. The summed E-state index contributed by atoms with van der Waals surface area (Å²) in [5, 5.41) is 16.1. The van der Waals surface area contributed by atoms with Gasteiger partial charge in [-0.15, -0.1) is 0 Å². The Morgan fingerprint density at radius 1 is 0.829 bits per heavy atom. The van der Waals surface area contributed by atoms with Crippen molar-refractivity contribution in [2.24, 2.45) is 0 Å².